The molecule has 0 N–H and O–H groups in total. The van der Waals surface area contributed by atoms with Crippen molar-refractivity contribution in [3.63, 3.8) is 0 Å². The van der Waals surface area contributed by atoms with E-state index < -0.39 is 0 Å². The number of thiazole rings is 1. The highest BCUT2D eigenvalue weighted by atomic mass is 32.1. The van der Waals surface area contributed by atoms with Gasteiger partial charge in [0.05, 0.1) is 21.8 Å². The molecule has 0 unspecified atom stereocenters. The number of aromatic nitrogens is 1. The van der Waals surface area contributed by atoms with E-state index in [9.17, 15) is 9.59 Å². The van der Waals surface area contributed by atoms with E-state index >= 15 is 0 Å². The number of hydrogen-bond acceptors (Lipinski definition) is 4. The molecule has 5 heteroatoms. The Kier molecular flexibility index (Phi) is 3.59. The highest BCUT2D eigenvalue weighted by Crippen LogP contribution is 2.23. The van der Waals surface area contributed by atoms with Crippen LogP contribution in [0.4, 0.5) is 0 Å². The minimum atomic E-state index is -0.198. The van der Waals surface area contributed by atoms with Gasteiger partial charge in [-0.3, -0.25) is 14.5 Å². The number of imide groups is 1. The summed E-state index contributed by atoms with van der Waals surface area (Å²) in [6.07, 6.45) is 0.614. The first-order chi connectivity index (χ1) is 10.1. The average molecular weight is 300 g/mol. The molecule has 21 heavy (non-hydrogen) atoms. The Morgan fingerprint density at radius 1 is 1.14 bits per heavy atom. The summed E-state index contributed by atoms with van der Waals surface area (Å²) in [7, 11) is 0. The molecule has 4 nitrogen and oxygen atoms in total. The average Bonchev–Trinajstić information content (AvgIpc) is 3.03. The molecular formula is C16H16N2O2S. The van der Waals surface area contributed by atoms with Crippen LogP contribution in [-0.2, 0) is 6.42 Å². The van der Waals surface area contributed by atoms with Crippen molar-refractivity contribution in [1.82, 2.24) is 9.88 Å². The van der Waals surface area contributed by atoms with Crippen molar-refractivity contribution in [3.05, 3.63) is 51.5 Å². The fraction of sp³-hybridized carbons (Fsp3) is 0.312. The lowest BCUT2D eigenvalue weighted by molar-refractivity contribution is 0.0656. The Hall–Kier alpha value is -2.01. The van der Waals surface area contributed by atoms with Gasteiger partial charge in [-0.05, 0) is 18.1 Å². The van der Waals surface area contributed by atoms with Gasteiger partial charge in [-0.1, -0.05) is 26.0 Å². The number of rotatable bonds is 4. The van der Waals surface area contributed by atoms with Crippen LogP contribution < -0.4 is 0 Å². The Morgan fingerprint density at radius 2 is 1.76 bits per heavy atom. The zero-order valence-electron chi connectivity index (χ0n) is 12.0. The number of nitrogens with zero attached hydrogens (tertiary/aromatic N) is 2. The van der Waals surface area contributed by atoms with Crippen LogP contribution in [0.15, 0.2) is 29.6 Å². The molecule has 2 heterocycles. The van der Waals surface area contributed by atoms with Gasteiger partial charge < -0.3 is 0 Å². The maximum Gasteiger partial charge on any atom is 0.261 e. The second kappa shape index (κ2) is 5.41. The van der Waals surface area contributed by atoms with E-state index in [1.54, 1.807) is 35.6 Å². The number of carbonyl (C=O) groups is 2. The molecule has 108 valence electrons. The fourth-order valence-corrected chi connectivity index (χ4v) is 3.30. The normalized spacial score (nSPS) is 14.1. The summed E-state index contributed by atoms with van der Waals surface area (Å²) in [6, 6.07) is 6.97. The van der Waals surface area contributed by atoms with Gasteiger partial charge in [0, 0.05) is 18.3 Å². The number of hydrogen-bond donors (Lipinski definition) is 0. The van der Waals surface area contributed by atoms with Crippen LogP contribution in [0.3, 0.4) is 0 Å². The molecule has 0 radical (unpaired) electrons. The zero-order valence-corrected chi connectivity index (χ0v) is 12.8. The van der Waals surface area contributed by atoms with E-state index in [0.29, 0.717) is 30.0 Å². The third-order valence-corrected chi connectivity index (χ3v) is 4.52. The van der Waals surface area contributed by atoms with Gasteiger partial charge in [0.25, 0.3) is 11.8 Å². The molecule has 2 amide bonds. The largest absolute Gasteiger partial charge is 0.274 e. The summed E-state index contributed by atoms with van der Waals surface area (Å²) in [5.74, 6) is 0.00165. The third-order valence-electron chi connectivity index (χ3n) is 3.59. The van der Waals surface area contributed by atoms with Crippen LogP contribution in [0.25, 0.3) is 0 Å². The minimum Gasteiger partial charge on any atom is -0.274 e. The predicted molar refractivity (Wildman–Crippen MR) is 81.7 cm³/mol. The van der Waals surface area contributed by atoms with Gasteiger partial charge in [-0.25, -0.2) is 4.98 Å². The fourth-order valence-electron chi connectivity index (χ4n) is 2.35. The summed E-state index contributed by atoms with van der Waals surface area (Å²) >= 11 is 1.59. The van der Waals surface area contributed by atoms with Crippen molar-refractivity contribution in [1.29, 1.82) is 0 Å². The molecule has 2 aromatic rings. The lowest BCUT2D eigenvalue weighted by Gasteiger charge is -2.12. The first-order valence-electron chi connectivity index (χ1n) is 6.97. The van der Waals surface area contributed by atoms with Crippen LogP contribution in [-0.4, -0.2) is 28.2 Å². The van der Waals surface area contributed by atoms with E-state index in [4.69, 9.17) is 0 Å². The van der Waals surface area contributed by atoms with Gasteiger partial charge in [-0.2, -0.15) is 0 Å². The van der Waals surface area contributed by atoms with Gasteiger partial charge in [0.15, 0.2) is 0 Å². The SMILES string of the molecule is CC(C)c1csc(CCN2C(=O)c3ccccc3C2=O)n1. The zero-order chi connectivity index (χ0) is 15.0. The van der Waals surface area contributed by atoms with E-state index in [1.165, 1.54) is 4.90 Å². The second-order valence-corrected chi connectivity index (χ2v) is 6.32. The molecule has 0 fully saturated rings. The monoisotopic (exact) mass is 300 g/mol. The Bertz CT molecular complexity index is 671. The standard InChI is InChI=1S/C16H16N2O2S/c1-10(2)13-9-21-14(17-13)7-8-18-15(19)11-5-3-4-6-12(11)16(18)20/h3-6,9-10H,7-8H2,1-2H3. The molecule has 0 saturated carbocycles. The molecule has 1 aliphatic heterocycles. The molecule has 0 atom stereocenters. The Morgan fingerprint density at radius 3 is 2.29 bits per heavy atom. The summed E-state index contributed by atoms with van der Waals surface area (Å²) < 4.78 is 0. The maximum atomic E-state index is 12.2. The van der Waals surface area contributed by atoms with Gasteiger partial charge >= 0.3 is 0 Å². The van der Waals surface area contributed by atoms with Crippen molar-refractivity contribution in [2.75, 3.05) is 6.54 Å². The van der Waals surface area contributed by atoms with Crippen molar-refractivity contribution in [2.24, 2.45) is 0 Å². The molecule has 0 bridgehead atoms. The van der Waals surface area contributed by atoms with Crippen molar-refractivity contribution < 1.29 is 9.59 Å². The topological polar surface area (TPSA) is 50.3 Å². The number of carbonyl (C=O) groups excluding carboxylic acids is 2. The molecule has 1 aliphatic rings. The molecule has 0 saturated heterocycles. The van der Waals surface area contributed by atoms with E-state index in [1.807, 2.05) is 5.38 Å². The molecule has 1 aromatic heterocycles. The highest BCUT2D eigenvalue weighted by molar-refractivity contribution is 7.09. The molecule has 0 aliphatic carbocycles. The van der Waals surface area contributed by atoms with Crippen LogP contribution >= 0.6 is 11.3 Å². The van der Waals surface area contributed by atoms with Gasteiger partial charge in [-0.15, -0.1) is 11.3 Å². The molecular weight excluding hydrogens is 284 g/mol. The number of benzene rings is 1. The molecule has 1 aromatic carbocycles. The van der Waals surface area contributed by atoms with Crippen LogP contribution in [0.5, 0.6) is 0 Å². The first-order valence-corrected chi connectivity index (χ1v) is 7.85. The van der Waals surface area contributed by atoms with Crippen molar-refractivity contribution in [3.8, 4) is 0 Å². The summed E-state index contributed by atoms with van der Waals surface area (Å²) in [5, 5.41) is 3.01. The van der Waals surface area contributed by atoms with Crippen molar-refractivity contribution >= 4 is 23.2 Å². The number of amides is 2. The molecule has 0 spiro atoms. The van der Waals surface area contributed by atoms with E-state index in [2.05, 4.69) is 18.8 Å². The first kappa shape index (κ1) is 13.9. The highest BCUT2D eigenvalue weighted by Gasteiger charge is 2.34. The Balaban J connectivity index is 1.72. The summed E-state index contributed by atoms with van der Waals surface area (Å²) in [6.45, 7) is 4.59. The predicted octanol–water partition coefficient (Wildman–Crippen LogP) is 3.11. The molecule has 3 rings (SSSR count). The Labute approximate surface area is 127 Å². The quantitative estimate of drug-likeness (QED) is 0.815. The van der Waals surface area contributed by atoms with Gasteiger partial charge in [0.1, 0.15) is 0 Å². The third kappa shape index (κ3) is 2.49. The maximum absolute atomic E-state index is 12.2. The summed E-state index contributed by atoms with van der Waals surface area (Å²) in [4.78, 5) is 30.3. The second-order valence-electron chi connectivity index (χ2n) is 5.38. The number of fused-ring (bicyclic) bond motifs is 1. The lowest BCUT2D eigenvalue weighted by Crippen LogP contribution is -2.31. The van der Waals surface area contributed by atoms with E-state index in [0.717, 1.165) is 10.7 Å². The smallest absolute Gasteiger partial charge is 0.261 e. The van der Waals surface area contributed by atoms with Gasteiger partial charge in [0.2, 0.25) is 0 Å². The van der Waals surface area contributed by atoms with Crippen molar-refractivity contribution in [2.45, 2.75) is 26.2 Å². The van der Waals surface area contributed by atoms with E-state index in [-0.39, 0.29) is 11.8 Å². The van der Waals surface area contributed by atoms with Crippen LogP contribution in [0.1, 0.15) is 51.2 Å². The minimum absolute atomic E-state index is 0.198. The van der Waals surface area contributed by atoms with Crippen LogP contribution in [0.2, 0.25) is 0 Å². The summed E-state index contributed by atoms with van der Waals surface area (Å²) in [5.41, 5.74) is 2.08. The lowest BCUT2D eigenvalue weighted by atomic mass is 10.1. The van der Waals surface area contributed by atoms with Crippen LogP contribution in [0, 0.1) is 0 Å².